The number of benzene rings is 1. The number of ether oxygens (including phenoxy) is 1. The SMILES string of the molecule is CC(C)(C)OC(=O)N1CCC(CC(=O)c2cccc(F)c2)CC1. The number of piperidine rings is 1. The standard InChI is InChI=1S/C18H24FNO3/c1-18(2,3)23-17(22)20-9-7-13(8-10-20)11-16(21)14-5-4-6-15(19)12-14/h4-6,12-13H,7-11H2,1-3H3. The first kappa shape index (κ1) is 17.4. The number of nitrogens with zero attached hydrogens (tertiary/aromatic N) is 1. The first-order chi connectivity index (χ1) is 10.7. The van der Waals surface area contributed by atoms with Crippen molar-refractivity contribution >= 4 is 11.9 Å². The molecule has 1 heterocycles. The largest absolute Gasteiger partial charge is 0.444 e. The molecule has 1 amide bonds. The number of ketones is 1. The van der Waals surface area contributed by atoms with Gasteiger partial charge in [0.25, 0.3) is 0 Å². The second kappa shape index (κ2) is 7.11. The summed E-state index contributed by atoms with van der Waals surface area (Å²) in [6, 6.07) is 5.79. The van der Waals surface area contributed by atoms with E-state index < -0.39 is 11.4 Å². The second-order valence-corrected chi connectivity index (χ2v) is 7.05. The molecule has 5 heteroatoms. The lowest BCUT2D eigenvalue weighted by atomic mass is 9.90. The Bertz CT molecular complexity index is 572. The van der Waals surface area contributed by atoms with E-state index in [1.807, 2.05) is 20.8 Å². The van der Waals surface area contributed by atoms with Crippen LogP contribution in [0.15, 0.2) is 24.3 Å². The number of halogens is 1. The molecule has 0 bridgehead atoms. The van der Waals surface area contributed by atoms with E-state index in [1.54, 1.807) is 17.0 Å². The Kier molecular flexibility index (Phi) is 5.39. The van der Waals surface area contributed by atoms with Crippen LogP contribution in [0.25, 0.3) is 0 Å². The zero-order valence-corrected chi connectivity index (χ0v) is 14.0. The summed E-state index contributed by atoms with van der Waals surface area (Å²) in [6.07, 6.45) is 1.62. The van der Waals surface area contributed by atoms with Crippen molar-refractivity contribution in [1.82, 2.24) is 4.90 Å². The lowest BCUT2D eigenvalue weighted by Crippen LogP contribution is -2.42. The minimum absolute atomic E-state index is 0.0415. The van der Waals surface area contributed by atoms with Gasteiger partial charge in [-0.15, -0.1) is 0 Å². The molecular weight excluding hydrogens is 297 g/mol. The summed E-state index contributed by atoms with van der Waals surface area (Å²) in [4.78, 5) is 25.9. The molecule has 4 nitrogen and oxygen atoms in total. The molecule has 1 aliphatic rings. The fraction of sp³-hybridized carbons (Fsp3) is 0.556. The first-order valence-corrected chi connectivity index (χ1v) is 8.01. The Morgan fingerprint density at radius 3 is 2.48 bits per heavy atom. The average Bonchev–Trinajstić information content (AvgIpc) is 2.46. The van der Waals surface area contributed by atoms with Crippen molar-refractivity contribution < 1.29 is 18.7 Å². The number of carbonyl (C=O) groups is 2. The van der Waals surface area contributed by atoms with E-state index in [2.05, 4.69) is 0 Å². The van der Waals surface area contributed by atoms with Gasteiger partial charge in [-0.3, -0.25) is 4.79 Å². The molecule has 0 radical (unpaired) electrons. The molecule has 0 aromatic heterocycles. The molecule has 1 fully saturated rings. The molecule has 0 unspecified atom stereocenters. The van der Waals surface area contributed by atoms with E-state index in [0.29, 0.717) is 25.1 Å². The Morgan fingerprint density at radius 2 is 1.91 bits per heavy atom. The second-order valence-electron chi connectivity index (χ2n) is 7.05. The highest BCUT2D eigenvalue weighted by molar-refractivity contribution is 5.96. The van der Waals surface area contributed by atoms with Crippen molar-refractivity contribution in [3.8, 4) is 0 Å². The number of hydrogen-bond acceptors (Lipinski definition) is 3. The van der Waals surface area contributed by atoms with Gasteiger partial charge >= 0.3 is 6.09 Å². The number of amides is 1. The minimum atomic E-state index is -0.499. The normalized spacial score (nSPS) is 16.3. The van der Waals surface area contributed by atoms with Crippen molar-refractivity contribution in [2.75, 3.05) is 13.1 Å². The summed E-state index contributed by atoms with van der Waals surface area (Å²) in [7, 11) is 0. The number of likely N-dealkylation sites (tertiary alicyclic amines) is 1. The van der Waals surface area contributed by atoms with Gasteiger partial charge in [0.1, 0.15) is 11.4 Å². The lowest BCUT2D eigenvalue weighted by molar-refractivity contribution is 0.0183. The molecule has 1 aromatic rings. The maximum absolute atomic E-state index is 13.2. The Morgan fingerprint density at radius 1 is 1.26 bits per heavy atom. The third kappa shape index (κ3) is 5.34. The van der Waals surface area contributed by atoms with Gasteiger partial charge in [-0.25, -0.2) is 9.18 Å². The van der Waals surface area contributed by atoms with Crippen LogP contribution in [0.3, 0.4) is 0 Å². The van der Waals surface area contributed by atoms with Crippen LogP contribution < -0.4 is 0 Å². The molecule has 1 aromatic carbocycles. The van der Waals surface area contributed by atoms with Crippen LogP contribution in [0.2, 0.25) is 0 Å². The van der Waals surface area contributed by atoms with Crippen LogP contribution >= 0.6 is 0 Å². The highest BCUT2D eigenvalue weighted by Crippen LogP contribution is 2.24. The van der Waals surface area contributed by atoms with Crippen molar-refractivity contribution in [2.45, 2.75) is 45.6 Å². The van der Waals surface area contributed by atoms with Crippen LogP contribution in [0.1, 0.15) is 50.4 Å². The Balaban J connectivity index is 1.83. The van der Waals surface area contributed by atoms with Crippen molar-refractivity contribution in [3.63, 3.8) is 0 Å². The summed E-state index contributed by atoms with van der Waals surface area (Å²) < 4.78 is 18.5. The fourth-order valence-electron chi connectivity index (χ4n) is 2.69. The van der Waals surface area contributed by atoms with Gasteiger partial charge in [-0.05, 0) is 51.7 Å². The quantitative estimate of drug-likeness (QED) is 0.789. The van der Waals surface area contributed by atoms with Crippen LogP contribution in [0.4, 0.5) is 9.18 Å². The monoisotopic (exact) mass is 321 g/mol. The number of carbonyl (C=O) groups excluding carboxylic acids is 2. The maximum atomic E-state index is 13.2. The predicted molar refractivity (Wildman–Crippen MR) is 85.9 cm³/mol. The summed E-state index contributed by atoms with van der Waals surface area (Å²) in [5.41, 5.74) is -0.0825. The zero-order chi connectivity index (χ0) is 17.0. The molecule has 1 aliphatic heterocycles. The van der Waals surface area contributed by atoms with E-state index in [9.17, 15) is 14.0 Å². The summed E-state index contributed by atoms with van der Waals surface area (Å²) in [6.45, 7) is 6.71. The topological polar surface area (TPSA) is 46.6 Å². The molecule has 0 atom stereocenters. The third-order valence-electron chi connectivity index (χ3n) is 3.89. The van der Waals surface area contributed by atoms with Gasteiger partial charge in [0.05, 0.1) is 0 Å². The third-order valence-corrected chi connectivity index (χ3v) is 3.89. The van der Waals surface area contributed by atoms with Crippen molar-refractivity contribution in [3.05, 3.63) is 35.6 Å². The van der Waals surface area contributed by atoms with Gasteiger partial charge in [-0.1, -0.05) is 12.1 Å². The summed E-state index contributed by atoms with van der Waals surface area (Å²) >= 11 is 0. The number of rotatable bonds is 3. The molecule has 0 spiro atoms. The molecule has 1 saturated heterocycles. The highest BCUT2D eigenvalue weighted by atomic mass is 19.1. The lowest BCUT2D eigenvalue weighted by Gasteiger charge is -2.33. The van der Waals surface area contributed by atoms with Crippen LogP contribution in [-0.2, 0) is 4.74 Å². The van der Waals surface area contributed by atoms with E-state index in [4.69, 9.17) is 4.74 Å². The van der Waals surface area contributed by atoms with Gasteiger partial charge in [0.15, 0.2) is 5.78 Å². The van der Waals surface area contributed by atoms with Gasteiger partial charge in [-0.2, -0.15) is 0 Å². The highest BCUT2D eigenvalue weighted by Gasteiger charge is 2.27. The van der Waals surface area contributed by atoms with Gasteiger partial charge in [0.2, 0.25) is 0 Å². The minimum Gasteiger partial charge on any atom is -0.444 e. The molecular formula is C18H24FNO3. The van der Waals surface area contributed by atoms with Gasteiger partial charge < -0.3 is 9.64 Å². The van der Waals surface area contributed by atoms with E-state index in [0.717, 1.165) is 12.8 Å². The molecule has 0 saturated carbocycles. The van der Waals surface area contributed by atoms with E-state index in [-0.39, 0.29) is 17.8 Å². The molecule has 126 valence electrons. The van der Waals surface area contributed by atoms with Crippen molar-refractivity contribution in [1.29, 1.82) is 0 Å². The fourth-order valence-corrected chi connectivity index (χ4v) is 2.69. The van der Waals surface area contributed by atoms with Crippen LogP contribution in [0.5, 0.6) is 0 Å². The van der Waals surface area contributed by atoms with E-state index >= 15 is 0 Å². The maximum Gasteiger partial charge on any atom is 0.410 e. The first-order valence-electron chi connectivity index (χ1n) is 8.01. The van der Waals surface area contributed by atoms with Crippen LogP contribution in [0, 0.1) is 11.7 Å². The molecule has 23 heavy (non-hydrogen) atoms. The Labute approximate surface area is 136 Å². The molecule has 0 N–H and O–H groups in total. The summed E-state index contributed by atoms with van der Waals surface area (Å²) in [5.74, 6) is -0.208. The van der Waals surface area contributed by atoms with Crippen LogP contribution in [-0.4, -0.2) is 35.5 Å². The number of Topliss-reactive ketones (excluding diaryl/α,β-unsaturated/α-hetero) is 1. The molecule has 2 rings (SSSR count). The average molecular weight is 321 g/mol. The molecule has 0 aliphatic carbocycles. The smallest absolute Gasteiger partial charge is 0.410 e. The number of hydrogen-bond donors (Lipinski definition) is 0. The van der Waals surface area contributed by atoms with Gasteiger partial charge in [0, 0.05) is 25.1 Å². The zero-order valence-electron chi connectivity index (χ0n) is 14.0. The predicted octanol–water partition coefficient (Wildman–Crippen LogP) is 4.05. The van der Waals surface area contributed by atoms with Crippen molar-refractivity contribution in [2.24, 2.45) is 5.92 Å². The Hall–Kier alpha value is -1.91. The summed E-state index contributed by atoms with van der Waals surface area (Å²) in [5, 5.41) is 0. The van der Waals surface area contributed by atoms with E-state index in [1.165, 1.54) is 12.1 Å².